The first kappa shape index (κ1) is 9.57. The van der Waals surface area contributed by atoms with Gasteiger partial charge < -0.3 is 5.73 Å². The van der Waals surface area contributed by atoms with Gasteiger partial charge in [0.25, 0.3) is 0 Å². The fourth-order valence-corrected chi connectivity index (χ4v) is 2.53. The third-order valence-electron chi connectivity index (χ3n) is 3.57. The summed E-state index contributed by atoms with van der Waals surface area (Å²) in [7, 11) is 0. The minimum Gasteiger partial charge on any atom is -0.399 e. The Kier molecular flexibility index (Phi) is 2.76. The van der Waals surface area contributed by atoms with Crippen molar-refractivity contribution in [2.45, 2.75) is 38.5 Å². The molecule has 0 bridgehead atoms. The Morgan fingerprint density at radius 3 is 2.29 bits per heavy atom. The number of anilines is 1. The van der Waals surface area contributed by atoms with Gasteiger partial charge in [0.1, 0.15) is 0 Å². The highest BCUT2D eigenvalue weighted by molar-refractivity contribution is 5.40. The van der Waals surface area contributed by atoms with E-state index in [4.69, 9.17) is 5.73 Å². The molecule has 1 atom stereocenters. The molecule has 0 amide bonds. The van der Waals surface area contributed by atoms with Crippen LogP contribution in [0.3, 0.4) is 0 Å². The molecule has 1 saturated carbocycles. The summed E-state index contributed by atoms with van der Waals surface area (Å²) in [5.74, 6) is 1.61. The van der Waals surface area contributed by atoms with E-state index in [-0.39, 0.29) is 0 Å². The highest BCUT2D eigenvalue weighted by Crippen LogP contribution is 2.36. The van der Waals surface area contributed by atoms with Crippen LogP contribution in [0.2, 0.25) is 0 Å². The third kappa shape index (κ3) is 1.92. The molecule has 0 radical (unpaired) electrons. The second-order valence-electron chi connectivity index (χ2n) is 4.50. The lowest BCUT2D eigenvalue weighted by atomic mass is 9.86. The van der Waals surface area contributed by atoms with Crippen LogP contribution in [-0.4, -0.2) is 0 Å². The topological polar surface area (TPSA) is 26.0 Å². The lowest BCUT2D eigenvalue weighted by molar-refractivity contribution is 0.461. The molecule has 1 aliphatic rings. The van der Waals surface area contributed by atoms with E-state index in [0.29, 0.717) is 5.92 Å². The molecule has 0 aliphatic heterocycles. The van der Waals surface area contributed by atoms with Crippen LogP contribution in [0, 0.1) is 5.92 Å². The van der Waals surface area contributed by atoms with E-state index >= 15 is 0 Å². The molecule has 76 valence electrons. The monoisotopic (exact) mass is 189 g/mol. The predicted octanol–water partition coefficient (Wildman–Crippen LogP) is 3.56. The Labute approximate surface area is 86.3 Å². The smallest absolute Gasteiger partial charge is 0.0314 e. The van der Waals surface area contributed by atoms with Gasteiger partial charge in [-0.2, -0.15) is 0 Å². The van der Waals surface area contributed by atoms with Crippen molar-refractivity contribution in [3.8, 4) is 0 Å². The predicted molar refractivity (Wildman–Crippen MR) is 61.2 cm³/mol. The summed E-state index contributed by atoms with van der Waals surface area (Å²) in [6, 6.07) is 8.39. The molecule has 14 heavy (non-hydrogen) atoms. The molecule has 1 fully saturated rings. The van der Waals surface area contributed by atoms with Gasteiger partial charge in [-0.25, -0.2) is 0 Å². The summed E-state index contributed by atoms with van der Waals surface area (Å²) < 4.78 is 0. The van der Waals surface area contributed by atoms with E-state index in [0.717, 1.165) is 11.6 Å². The average molecular weight is 189 g/mol. The van der Waals surface area contributed by atoms with Gasteiger partial charge in [-0.1, -0.05) is 31.9 Å². The Morgan fingerprint density at radius 2 is 1.71 bits per heavy atom. The molecule has 1 heteroatoms. The van der Waals surface area contributed by atoms with E-state index in [9.17, 15) is 0 Å². The number of hydrogen-bond donors (Lipinski definition) is 1. The first-order chi connectivity index (χ1) is 6.77. The van der Waals surface area contributed by atoms with Crippen LogP contribution in [0.1, 0.15) is 44.1 Å². The minimum absolute atomic E-state index is 0.707. The van der Waals surface area contributed by atoms with Gasteiger partial charge in [0.15, 0.2) is 0 Å². The van der Waals surface area contributed by atoms with Crippen molar-refractivity contribution in [3.63, 3.8) is 0 Å². The Morgan fingerprint density at radius 1 is 1.14 bits per heavy atom. The van der Waals surface area contributed by atoms with Crippen LogP contribution in [0.5, 0.6) is 0 Å². The Balaban J connectivity index is 2.09. The summed E-state index contributed by atoms with van der Waals surface area (Å²) >= 11 is 0. The van der Waals surface area contributed by atoms with E-state index in [1.165, 1.54) is 31.2 Å². The fraction of sp³-hybridized carbons (Fsp3) is 0.538. The van der Waals surface area contributed by atoms with Gasteiger partial charge in [0.2, 0.25) is 0 Å². The molecule has 0 saturated heterocycles. The molecule has 2 N–H and O–H groups in total. The summed E-state index contributed by atoms with van der Waals surface area (Å²) in [6.07, 6.45) is 5.66. The van der Waals surface area contributed by atoms with Crippen molar-refractivity contribution >= 4 is 5.69 Å². The molecular weight excluding hydrogens is 170 g/mol. The number of rotatable bonds is 2. The number of nitrogens with two attached hydrogens (primary N) is 1. The van der Waals surface area contributed by atoms with Gasteiger partial charge in [-0.3, -0.25) is 0 Å². The normalized spacial score (nSPS) is 19.8. The van der Waals surface area contributed by atoms with Crippen molar-refractivity contribution in [2.24, 2.45) is 5.92 Å². The van der Waals surface area contributed by atoms with Crippen molar-refractivity contribution in [1.29, 1.82) is 0 Å². The first-order valence-electron chi connectivity index (χ1n) is 5.63. The zero-order valence-corrected chi connectivity index (χ0v) is 8.87. The highest BCUT2D eigenvalue weighted by atomic mass is 14.5. The zero-order valence-electron chi connectivity index (χ0n) is 8.87. The van der Waals surface area contributed by atoms with Crippen LogP contribution in [-0.2, 0) is 0 Å². The van der Waals surface area contributed by atoms with E-state index in [2.05, 4.69) is 19.1 Å². The van der Waals surface area contributed by atoms with Crippen LogP contribution in [0.25, 0.3) is 0 Å². The molecule has 2 rings (SSSR count). The number of hydrogen-bond acceptors (Lipinski definition) is 1. The minimum atomic E-state index is 0.707. The molecular formula is C13H19N. The molecule has 1 aromatic rings. The second kappa shape index (κ2) is 4.04. The summed E-state index contributed by atoms with van der Waals surface area (Å²) in [5, 5.41) is 0. The van der Waals surface area contributed by atoms with E-state index in [1.54, 1.807) is 0 Å². The standard InChI is InChI=1S/C13H19N/c1-10(11-4-2-3-5-11)12-6-8-13(14)9-7-12/h6-11H,2-5,14H2,1H3. The lowest BCUT2D eigenvalue weighted by Gasteiger charge is -2.19. The maximum atomic E-state index is 5.68. The fourth-order valence-electron chi connectivity index (χ4n) is 2.53. The van der Waals surface area contributed by atoms with Crippen molar-refractivity contribution in [2.75, 3.05) is 5.73 Å². The number of benzene rings is 1. The van der Waals surface area contributed by atoms with Gasteiger partial charge in [-0.05, 0) is 42.4 Å². The van der Waals surface area contributed by atoms with Crippen molar-refractivity contribution in [1.82, 2.24) is 0 Å². The first-order valence-corrected chi connectivity index (χ1v) is 5.63. The maximum Gasteiger partial charge on any atom is 0.0314 e. The maximum absolute atomic E-state index is 5.68. The van der Waals surface area contributed by atoms with Crippen molar-refractivity contribution < 1.29 is 0 Å². The number of nitrogen functional groups attached to an aromatic ring is 1. The average Bonchev–Trinajstić information content (AvgIpc) is 2.71. The molecule has 1 aliphatic carbocycles. The largest absolute Gasteiger partial charge is 0.399 e. The summed E-state index contributed by atoms with van der Waals surface area (Å²) in [5.41, 5.74) is 8.00. The van der Waals surface area contributed by atoms with Crippen LogP contribution < -0.4 is 5.73 Å². The van der Waals surface area contributed by atoms with Gasteiger partial charge in [0, 0.05) is 5.69 Å². The lowest BCUT2D eigenvalue weighted by Crippen LogP contribution is -2.05. The van der Waals surface area contributed by atoms with Gasteiger partial charge in [-0.15, -0.1) is 0 Å². The van der Waals surface area contributed by atoms with Crippen molar-refractivity contribution in [3.05, 3.63) is 29.8 Å². The molecule has 0 spiro atoms. The molecule has 1 unspecified atom stereocenters. The van der Waals surface area contributed by atoms with E-state index in [1.807, 2.05) is 12.1 Å². The summed E-state index contributed by atoms with van der Waals surface area (Å²) in [4.78, 5) is 0. The Hall–Kier alpha value is -0.980. The zero-order chi connectivity index (χ0) is 9.97. The van der Waals surface area contributed by atoms with Gasteiger partial charge in [0.05, 0.1) is 0 Å². The molecule has 0 heterocycles. The van der Waals surface area contributed by atoms with Gasteiger partial charge >= 0.3 is 0 Å². The van der Waals surface area contributed by atoms with Crippen LogP contribution >= 0.6 is 0 Å². The molecule has 1 aromatic carbocycles. The molecule has 1 nitrogen and oxygen atoms in total. The quantitative estimate of drug-likeness (QED) is 0.707. The summed E-state index contributed by atoms with van der Waals surface area (Å²) in [6.45, 7) is 2.35. The van der Waals surface area contributed by atoms with Crippen LogP contribution in [0.4, 0.5) is 5.69 Å². The van der Waals surface area contributed by atoms with Crippen LogP contribution in [0.15, 0.2) is 24.3 Å². The highest BCUT2D eigenvalue weighted by Gasteiger charge is 2.22. The molecule has 0 aromatic heterocycles. The third-order valence-corrected chi connectivity index (χ3v) is 3.57. The second-order valence-corrected chi connectivity index (χ2v) is 4.50. The van der Waals surface area contributed by atoms with E-state index < -0.39 is 0 Å². The Bertz CT molecular complexity index is 283. The SMILES string of the molecule is CC(c1ccc(N)cc1)C1CCCC1.